The number of piperidine rings is 1. The van der Waals surface area contributed by atoms with Crippen LogP contribution in [-0.2, 0) is 19.0 Å². The Kier molecular flexibility index (Phi) is 11.1. The van der Waals surface area contributed by atoms with Crippen LogP contribution in [0.15, 0.2) is 10.5 Å². The summed E-state index contributed by atoms with van der Waals surface area (Å²) in [6, 6.07) is 1.72. The molecule has 4 rings (SSSR count). The number of methoxy groups -OCH3 is 1. The molecule has 0 spiro atoms. The number of benzene rings is 1. The van der Waals surface area contributed by atoms with Crippen LogP contribution in [0.2, 0.25) is 5.02 Å². The molecule has 0 bridgehead atoms. The number of piperazine rings is 1. The Labute approximate surface area is 258 Å². The van der Waals surface area contributed by atoms with Gasteiger partial charge >= 0.3 is 18.1 Å². The van der Waals surface area contributed by atoms with E-state index in [0.29, 0.717) is 44.0 Å². The standard InChI is InChI=1S/C28H38BrClFN5O6/c1-28(2,3)42-27(38)36-13-11-35(12-14-36)25-19-16-20(30)22(29)23(31)24(19)32-26(33-25)40-15-5-8-34-9-6-18(7-10-34)41-17-21(37)39-4/h16,18H,5-15,17H2,1-4H3. The fraction of sp³-hybridized carbons (Fsp3) is 0.643. The first-order valence-electron chi connectivity index (χ1n) is 14.1. The van der Waals surface area contributed by atoms with Crippen LogP contribution in [0.4, 0.5) is 15.0 Å². The number of ether oxygens (including phenoxy) is 4. The first kappa shape index (κ1) is 32.4. The van der Waals surface area contributed by atoms with Crippen molar-refractivity contribution in [3.05, 3.63) is 21.4 Å². The number of anilines is 1. The molecule has 3 heterocycles. The van der Waals surface area contributed by atoms with Crippen molar-refractivity contribution in [2.45, 2.75) is 51.7 Å². The van der Waals surface area contributed by atoms with Crippen LogP contribution in [0.3, 0.4) is 0 Å². The van der Waals surface area contributed by atoms with Crippen molar-refractivity contribution in [2.75, 3.05) is 71.0 Å². The van der Waals surface area contributed by atoms with E-state index in [1.54, 1.807) is 11.0 Å². The second-order valence-electron chi connectivity index (χ2n) is 11.3. The molecule has 0 saturated carbocycles. The molecule has 1 amide bonds. The number of halogens is 3. The summed E-state index contributed by atoms with van der Waals surface area (Å²) < 4.78 is 37.1. The molecule has 0 N–H and O–H groups in total. The van der Waals surface area contributed by atoms with E-state index in [0.717, 1.165) is 38.9 Å². The van der Waals surface area contributed by atoms with Gasteiger partial charge in [0.2, 0.25) is 0 Å². The van der Waals surface area contributed by atoms with Crippen molar-refractivity contribution in [3.63, 3.8) is 0 Å². The molecule has 2 aromatic rings. The molecule has 0 unspecified atom stereocenters. The van der Waals surface area contributed by atoms with Crippen molar-refractivity contribution in [3.8, 4) is 6.01 Å². The van der Waals surface area contributed by atoms with Gasteiger partial charge in [0.05, 0.1) is 29.3 Å². The molecule has 0 radical (unpaired) electrons. The minimum atomic E-state index is -0.587. The Morgan fingerprint density at radius 2 is 1.81 bits per heavy atom. The normalized spacial score (nSPS) is 17.0. The molecule has 2 fully saturated rings. The van der Waals surface area contributed by atoms with Gasteiger partial charge in [-0.3, -0.25) is 0 Å². The van der Waals surface area contributed by atoms with Crippen molar-refractivity contribution < 1.29 is 32.9 Å². The molecular weight excluding hydrogens is 637 g/mol. The number of carbonyl (C=O) groups excluding carboxylic acids is 2. The third kappa shape index (κ3) is 8.55. The summed E-state index contributed by atoms with van der Waals surface area (Å²) in [4.78, 5) is 38.8. The number of fused-ring (bicyclic) bond motifs is 1. The van der Waals surface area contributed by atoms with E-state index in [-0.39, 0.29) is 45.8 Å². The lowest BCUT2D eigenvalue weighted by Crippen LogP contribution is -2.50. The number of hydrogen-bond acceptors (Lipinski definition) is 10. The highest BCUT2D eigenvalue weighted by Gasteiger charge is 2.28. The third-order valence-corrected chi connectivity index (χ3v) is 8.37. The van der Waals surface area contributed by atoms with E-state index in [9.17, 15) is 9.59 Å². The maximum atomic E-state index is 15.3. The van der Waals surface area contributed by atoms with Crippen LogP contribution >= 0.6 is 27.5 Å². The van der Waals surface area contributed by atoms with Crippen LogP contribution < -0.4 is 9.64 Å². The van der Waals surface area contributed by atoms with E-state index in [2.05, 4.69) is 35.5 Å². The molecule has 2 aliphatic heterocycles. The molecule has 0 aliphatic carbocycles. The van der Waals surface area contributed by atoms with Gasteiger partial charge in [-0.05, 0) is 62.0 Å². The molecule has 1 aromatic carbocycles. The average molecular weight is 675 g/mol. The van der Waals surface area contributed by atoms with Gasteiger partial charge in [0, 0.05) is 51.2 Å². The highest BCUT2D eigenvalue weighted by molar-refractivity contribution is 9.10. The van der Waals surface area contributed by atoms with E-state index >= 15 is 4.39 Å². The molecule has 2 saturated heterocycles. The quantitative estimate of drug-likeness (QED) is 0.212. The smallest absolute Gasteiger partial charge is 0.410 e. The minimum absolute atomic E-state index is 0.0223. The molecule has 14 heteroatoms. The lowest BCUT2D eigenvalue weighted by molar-refractivity contribution is -0.149. The second-order valence-corrected chi connectivity index (χ2v) is 12.5. The maximum absolute atomic E-state index is 15.3. The van der Waals surface area contributed by atoms with Gasteiger partial charge in [0.15, 0.2) is 5.82 Å². The first-order chi connectivity index (χ1) is 19.9. The number of amides is 1. The largest absolute Gasteiger partial charge is 0.467 e. The lowest BCUT2D eigenvalue weighted by Gasteiger charge is -2.36. The SMILES string of the molecule is COC(=O)COC1CCN(CCCOc2nc(N3CCN(C(=O)OC(C)(C)C)CC3)c3cc(Cl)c(Br)c(F)c3n2)CC1. The summed E-state index contributed by atoms with van der Waals surface area (Å²) >= 11 is 9.51. The summed E-state index contributed by atoms with van der Waals surface area (Å²) in [5.74, 6) is -0.455. The van der Waals surface area contributed by atoms with E-state index in [1.165, 1.54) is 7.11 Å². The van der Waals surface area contributed by atoms with Crippen molar-refractivity contribution in [1.29, 1.82) is 0 Å². The Balaban J connectivity index is 1.37. The zero-order chi connectivity index (χ0) is 30.4. The number of likely N-dealkylation sites (tertiary alicyclic amines) is 1. The van der Waals surface area contributed by atoms with Gasteiger partial charge in [-0.2, -0.15) is 9.97 Å². The fourth-order valence-corrected chi connectivity index (χ4v) is 5.36. The Bertz CT molecular complexity index is 1270. The third-order valence-electron chi connectivity index (χ3n) is 7.07. The Morgan fingerprint density at radius 1 is 1.12 bits per heavy atom. The van der Waals surface area contributed by atoms with Gasteiger partial charge in [0.25, 0.3) is 0 Å². The van der Waals surface area contributed by atoms with Crippen LogP contribution in [0.5, 0.6) is 6.01 Å². The maximum Gasteiger partial charge on any atom is 0.410 e. The van der Waals surface area contributed by atoms with E-state index in [1.807, 2.05) is 25.7 Å². The van der Waals surface area contributed by atoms with Crippen molar-refractivity contribution >= 4 is 56.3 Å². The molecule has 42 heavy (non-hydrogen) atoms. The monoisotopic (exact) mass is 673 g/mol. The molecule has 0 atom stereocenters. The summed E-state index contributed by atoms with van der Waals surface area (Å²) in [7, 11) is 1.35. The number of aromatic nitrogens is 2. The molecule has 11 nitrogen and oxygen atoms in total. The zero-order valence-corrected chi connectivity index (χ0v) is 26.8. The predicted octanol–water partition coefficient (Wildman–Crippen LogP) is 4.66. The summed E-state index contributed by atoms with van der Waals surface area (Å²) in [5, 5.41) is 0.682. The molecule has 1 aromatic heterocycles. The van der Waals surface area contributed by atoms with E-state index < -0.39 is 11.4 Å². The van der Waals surface area contributed by atoms with Gasteiger partial charge in [0.1, 0.15) is 23.5 Å². The topological polar surface area (TPSA) is 107 Å². The minimum Gasteiger partial charge on any atom is -0.467 e. The number of esters is 1. The summed E-state index contributed by atoms with van der Waals surface area (Å²) in [6.07, 6.45) is 2.09. The van der Waals surface area contributed by atoms with Crippen molar-refractivity contribution in [1.82, 2.24) is 19.8 Å². The summed E-state index contributed by atoms with van der Waals surface area (Å²) in [5.41, 5.74) is -0.475. The predicted molar refractivity (Wildman–Crippen MR) is 160 cm³/mol. The Morgan fingerprint density at radius 3 is 2.45 bits per heavy atom. The van der Waals surface area contributed by atoms with Crippen LogP contribution in [-0.4, -0.2) is 110 Å². The number of carbonyl (C=O) groups is 2. The highest BCUT2D eigenvalue weighted by Crippen LogP contribution is 2.36. The number of nitrogens with zero attached hydrogens (tertiary/aromatic N) is 5. The first-order valence-corrected chi connectivity index (χ1v) is 15.2. The lowest BCUT2D eigenvalue weighted by atomic mass is 10.1. The van der Waals surface area contributed by atoms with E-state index in [4.69, 9.17) is 25.8 Å². The molecule has 232 valence electrons. The number of rotatable bonds is 9. The van der Waals surface area contributed by atoms with Crippen LogP contribution in [0.25, 0.3) is 10.9 Å². The summed E-state index contributed by atoms with van der Waals surface area (Å²) in [6.45, 7) is 10.1. The fourth-order valence-electron chi connectivity index (χ4n) is 4.87. The van der Waals surface area contributed by atoms with Gasteiger partial charge in [-0.15, -0.1) is 0 Å². The highest BCUT2D eigenvalue weighted by atomic mass is 79.9. The van der Waals surface area contributed by atoms with Gasteiger partial charge in [-0.1, -0.05) is 11.6 Å². The Hall–Kier alpha value is -2.48. The average Bonchev–Trinajstić information content (AvgIpc) is 2.96. The van der Waals surface area contributed by atoms with Crippen LogP contribution in [0.1, 0.15) is 40.0 Å². The number of hydrogen-bond donors (Lipinski definition) is 0. The van der Waals surface area contributed by atoms with Crippen LogP contribution in [0, 0.1) is 5.82 Å². The van der Waals surface area contributed by atoms with Crippen molar-refractivity contribution in [2.24, 2.45) is 0 Å². The molecule has 2 aliphatic rings. The molecular formula is C28H38BrClFN5O6. The van der Waals surface area contributed by atoms with Gasteiger partial charge < -0.3 is 33.6 Å². The second kappa shape index (κ2) is 14.3. The van der Waals surface area contributed by atoms with Gasteiger partial charge in [-0.25, -0.2) is 14.0 Å². The zero-order valence-electron chi connectivity index (χ0n) is 24.5.